The number of aliphatic hydroxyl groups is 1. The van der Waals surface area contributed by atoms with Crippen molar-refractivity contribution in [2.24, 2.45) is 7.05 Å². The number of unbranched alkanes of at least 4 members (excludes halogenated alkanes) is 1. The third-order valence-corrected chi connectivity index (χ3v) is 3.69. The Morgan fingerprint density at radius 1 is 1.50 bits per heavy atom. The Balaban J connectivity index is 2.02. The van der Waals surface area contributed by atoms with E-state index in [1.54, 1.807) is 13.1 Å². The van der Waals surface area contributed by atoms with Gasteiger partial charge in [-0.05, 0) is 19.8 Å². The van der Waals surface area contributed by atoms with Crippen LogP contribution in [0.2, 0.25) is 0 Å². The Kier molecular flexibility index (Phi) is 6.36. The Hall–Kier alpha value is -2.35. The predicted octanol–water partition coefficient (Wildman–Crippen LogP) is 1.36. The second-order valence-electron chi connectivity index (χ2n) is 5.53. The van der Waals surface area contributed by atoms with E-state index in [0.717, 1.165) is 36.3 Å². The minimum absolute atomic E-state index is 0.111. The molecule has 0 aromatic carbocycles. The summed E-state index contributed by atoms with van der Waals surface area (Å²) >= 11 is 0. The molecule has 0 saturated heterocycles. The maximum atomic E-state index is 11.9. The lowest BCUT2D eigenvalue weighted by Crippen LogP contribution is -2.28. The molecule has 2 aromatic heterocycles. The topological polar surface area (TPSA) is 102 Å². The molecule has 0 spiro atoms. The Bertz CT molecular complexity index is 678. The van der Waals surface area contributed by atoms with Crippen LogP contribution >= 0.6 is 0 Å². The van der Waals surface area contributed by atoms with Crippen molar-refractivity contribution in [3.8, 4) is 5.88 Å². The fraction of sp³-hybridized carbons (Fsp3) is 0.562. The van der Waals surface area contributed by atoms with Crippen molar-refractivity contribution >= 4 is 5.91 Å². The molecule has 0 saturated carbocycles. The third kappa shape index (κ3) is 4.35. The first-order valence-electron chi connectivity index (χ1n) is 8.06. The lowest BCUT2D eigenvalue weighted by Gasteiger charge is -2.03. The van der Waals surface area contributed by atoms with Gasteiger partial charge >= 0.3 is 0 Å². The average Bonchev–Trinajstić information content (AvgIpc) is 3.11. The lowest BCUT2D eigenvalue weighted by atomic mass is 10.1. The van der Waals surface area contributed by atoms with Crippen molar-refractivity contribution in [3.05, 3.63) is 28.8 Å². The number of nitrogens with one attached hydrogen (secondary N) is 1. The minimum Gasteiger partial charge on any atom is -0.472 e. The van der Waals surface area contributed by atoms with E-state index < -0.39 is 0 Å². The van der Waals surface area contributed by atoms with E-state index in [-0.39, 0.29) is 19.1 Å². The van der Waals surface area contributed by atoms with Gasteiger partial charge in [-0.1, -0.05) is 18.5 Å². The molecule has 0 radical (unpaired) electrons. The zero-order valence-corrected chi connectivity index (χ0v) is 14.3. The number of amides is 1. The number of hydrogen-bond donors (Lipinski definition) is 2. The van der Waals surface area contributed by atoms with Crippen molar-refractivity contribution in [2.45, 2.75) is 39.7 Å². The van der Waals surface area contributed by atoms with Gasteiger partial charge in [0, 0.05) is 19.7 Å². The maximum absolute atomic E-state index is 11.9. The summed E-state index contributed by atoms with van der Waals surface area (Å²) in [6, 6.07) is 1.57. The number of aryl methyl sites for hydroxylation is 3. The van der Waals surface area contributed by atoms with Gasteiger partial charge in [0.2, 0.25) is 5.88 Å². The van der Waals surface area contributed by atoms with E-state index in [1.165, 1.54) is 4.68 Å². The highest BCUT2D eigenvalue weighted by Gasteiger charge is 2.16. The largest absolute Gasteiger partial charge is 0.472 e. The molecule has 1 amide bonds. The molecule has 8 nitrogen and oxygen atoms in total. The summed E-state index contributed by atoms with van der Waals surface area (Å²) in [6.07, 6.45) is 2.97. The van der Waals surface area contributed by atoms with Crippen molar-refractivity contribution in [3.63, 3.8) is 0 Å². The quantitative estimate of drug-likeness (QED) is 0.717. The van der Waals surface area contributed by atoms with Gasteiger partial charge in [0.15, 0.2) is 0 Å². The number of nitrogens with zero attached hydrogens (tertiary/aromatic N) is 3. The van der Waals surface area contributed by atoms with Gasteiger partial charge < -0.3 is 19.7 Å². The number of rotatable bonds is 9. The fourth-order valence-corrected chi connectivity index (χ4v) is 2.29. The summed E-state index contributed by atoms with van der Waals surface area (Å²) < 4.78 is 12.4. The third-order valence-electron chi connectivity index (χ3n) is 3.69. The SMILES string of the molecule is CCCCc1noc(C)c1COc1cc(C(=O)NCCO)n(C)n1. The lowest BCUT2D eigenvalue weighted by molar-refractivity contribution is 0.0935. The van der Waals surface area contributed by atoms with Crippen LogP contribution in [0.5, 0.6) is 5.88 Å². The van der Waals surface area contributed by atoms with E-state index >= 15 is 0 Å². The first kappa shape index (κ1) is 18.0. The monoisotopic (exact) mass is 336 g/mol. The zero-order valence-electron chi connectivity index (χ0n) is 14.3. The number of carbonyl (C=O) groups is 1. The Morgan fingerprint density at radius 3 is 3.00 bits per heavy atom. The van der Waals surface area contributed by atoms with E-state index in [9.17, 15) is 4.79 Å². The molecule has 0 aliphatic carbocycles. The number of carbonyl (C=O) groups excluding carboxylic acids is 1. The van der Waals surface area contributed by atoms with Gasteiger partial charge in [0.1, 0.15) is 18.1 Å². The van der Waals surface area contributed by atoms with E-state index in [0.29, 0.717) is 18.2 Å². The van der Waals surface area contributed by atoms with Crippen molar-refractivity contribution in [1.29, 1.82) is 0 Å². The standard InChI is InChI=1S/C16H24N4O4/c1-4-5-6-13-12(11(2)24-19-13)10-23-15-9-14(20(3)18-15)16(22)17-7-8-21/h9,21H,4-8,10H2,1-3H3,(H,17,22). The Morgan fingerprint density at radius 2 is 2.29 bits per heavy atom. The van der Waals surface area contributed by atoms with Crippen LogP contribution in [0.4, 0.5) is 0 Å². The molecule has 0 unspecified atom stereocenters. The second kappa shape index (κ2) is 8.49. The second-order valence-corrected chi connectivity index (χ2v) is 5.53. The summed E-state index contributed by atoms with van der Waals surface area (Å²) in [5.74, 6) is 0.783. The molecule has 0 aliphatic rings. The number of ether oxygens (including phenoxy) is 1. The predicted molar refractivity (Wildman–Crippen MR) is 86.8 cm³/mol. The molecule has 2 aromatic rings. The van der Waals surface area contributed by atoms with Gasteiger partial charge in [-0.15, -0.1) is 5.10 Å². The summed E-state index contributed by atoms with van der Waals surface area (Å²) in [5, 5.41) is 19.6. The van der Waals surface area contributed by atoms with Crippen LogP contribution in [0.1, 0.15) is 47.3 Å². The summed E-state index contributed by atoms with van der Waals surface area (Å²) in [4.78, 5) is 11.9. The summed E-state index contributed by atoms with van der Waals surface area (Å²) in [6.45, 7) is 4.36. The number of aliphatic hydroxyl groups excluding tert-OH is 1. The van der Waals surface area contributed by atoms with Gasteiger partial charge in [0.05, 0.1) is 17.9 Å². The van der Waals surface area contributed by atoms with E-state index in [1.807, 2.05) is 6.92 Å². The molecule has 2 N–H and O–H groups in total. The number of aromatic nitrogens is 3. The normalized spacial score (nSPS) is 10.8. The molecular formula is C16H24N4O4. The van der Waals surface area contributed by atoms with Gasteiger partial charge in [0.25, 0.3) is 5.91 Å². The molecule has 2 rings (SSSR count). The smallest absolute Gasteiger partial charge is 0.269 e. The van der Waals surface area contributed by atoms with Crippen LogP contribution in [-0.2, 0) is 20.1 Å². The molecule has 8 heteroatoms. The first-order valence-corrected chi connectivity index (χ1v) is 8.06. The molecule has 0 fully saturated rings. The van der Waals surface area contributed by atoms with E-state index in [4.69, 9.17) is 14.4 Å². The fourth-order valence-electron chi connectivity index (χ4n) is 2.29. The van der Waals surface area contributed by atoms with Crippen LogP contribution in [-0.4, -0.2) is 39.1 Å². The van der Waals surface area contributed by atoms with Crippen LogP contribution in [0, 0.1) is 6.92 Å². The van der Waals surface area contributed by atoms with Gasteiger partial charge in [-0.2, -0.15) is 0 Å². The van der Waals surface area contributed by atoms with Crippen molar-refractivity contribution in [2.75, 3.05) is 13.2 Å². The van der Waals surface area contributed by atoms with Crippen LogP contribution < -0.4 is 10.1 Å². The van der Waals surface area contributed by atoms with Gasteiger partial charge in [-0.3, -0.25) is 9.48 Å². The van der Waals surface area contributed by atoms with Crippen LogP contribution in [0.3, 0.4) is 0 Å². The highest BCUT2D eigenvalue weighted by Crippen LogP contribution is 2.19. The molecule has 0 aliphatic heterocycles. The number of hydrogen-bond acceptors (Lipinski definition) is 6. The maximum Gasteiger partial charge on any atom is 0.269 e. The van der Waals surface area contributed by atoms with Crippen molar-refractivity contribution < 1.29 is 19.2 Å². The van der Waals surface area contributed by atoms with Crippen molar-refractivity contribution in [1.82, 2.24) is 20.3 Å². The average molecular weight is 336 g/mol. The Labute approximate surface area is 140 Å². The van der Waals surface area contributed by atoms with Gasteiger partial charge in [-0.25, -0.2) is 0 Å². The molecule has 132 valence electrons. The highest BCUT2D eigenvalue weighted by atomic mass is 16.5. The molecule has 24 heavy (non-hydrogen) atoms. The summed E-state index contributed by atoms with van der Waals surface area (Å²) in [5.41, 5.74) is 2.21. The first-order chi connectivity index (χ1) is 11.6. The van der Waals surface area contributed by atoms with Crippen LogP contribution in [0.25, 0.3) is 0 Å². The zero-order chi connectivity index (χ0) is 17.5. The molecule has 2 heterocycles. The minimum atomic E-state index is -0.307. The van der Waals surface area contributed by atoms with Crippen LogP contribution in [0.15, 0.2) is 10.6 Å². The summed E-state index contributed by atoms with van der Waals surface area (Å²) in [7, 11) is 1.66. The highest BCUT2D eigenvalue weighted by molar-refractivity contribution is 5.92. The molecule has 0 atom stereocenters. The molecular weight excluding hydrogens is 312 g/mol. The van der Waals surface area contributed by atoms with E-state index in [2.05, 4.69) is 22.5 Å². The molecule has 0 bridgehead atoms.